The highest BCUT2D eigenvalue weighted by atomic mass is 32.1. The summed E-state index contributed by atoms with van der Waals surface area (Å²) in [5.41, 5.74) is 1.04. The number of nitrogens with zero attached hydrogens (tertiary/aromatic N) is 1. The van der Waals surface area contributed by atoms with Crippen molar-refractivity contribution < 1.29 is 0 Å². The van der Waals surface area contributed by atoms with Gasteiger partial charge in [0, 0.05) is 12.4 Å². The molecular formula is C14H11NOS. The van der Waals surface area contributed by atoms with Crippen LogP contribution in [0.3, 0.4) is 0 Å². The lowest BCUT2D eigenvalue weighted by atomic mass is 10.1. The van der Waals surface area contributed by atoms with Crippen molar-refractivity contribution in [1.29, 1.82) is 0 Å². The molecule has 0 bridgehead atoms. The second-order valence-corrected chi connectivity index (χ2v) is 4.91. The fourth-order valence-corrected chi connectivity index (χ4v) is 2.79. The van der Waals surface area contributed by atoms with Crippen LogP contribution in [0.25, 0.3) is 21.3 Å². The molecule has 0 aliphatic rings. The first-order valence-corrected chi connectivity index (χ1v) is 6.28. The molecule has 0 atom stereocenters. The molecule has 0 fully saturated rings. The summed E-state index contributed by atoms with van der Waals surface area (Å²) in [6.07, 6.45) is 0. The molecule has 0 aliphatic carbocycles. The number of hydrogen-bond donors (Lipinski definition) is 0. The third-order valence-corrected chi connectivity index (χ3v) is 3.82. The molecule has 2 nitrogen and oxygen atoms in total. The number of benzene rings is 1. The molecule has 0 spiro atoms. The van der Waals surface area contributed by atoms with E-state index in [1.54, 1.807) is 15.9 Å². The molecule has 2 heterocycles. The molecule has 3 aromatic rings. The van der Waals surface area contributed by atoms with Gasteiger partial charge in [-0.1, -0.05) is 24.3 Å². The summed E-state index contributed by atoms with van der Waals surface area (Å²) in [5.74, 6) is 0. The summed E-state index contributed by atoms with van der Waals surface area (Å²) >= 11 is 1.65. The molecule has 1 aromatic carbocycles. The number of aromatic nitrogens is 1. The highest BCUT2D eigenvalue weighted by molar-refractivity contribution is 7.13. The average molecular weight is 241 g/mol. The molecule has 3 heteroatoms. The van der Waals surface area contributed by atoms with Crippen molar-refractivity contribution >= 4 is 22.1 Å². The van der Waals surface area contributed by atoms with Crippen LogP contribution in [0.5, 0.6) is 0 Å². The molecular weight excluding hydrogens is 230 g/mol. The van der Waals surface area contributed by atoms with Crippen LogP contribution in [-0.2, 0) is 7.05 Å². The molecule has 0 aliphatic heterocycles. The minimum Gasteiger partial charge on any atom is -0.310 e. The van der Waals surface area contributed by atoms with E-state index in [2.05, 4.69) is 6.07 Å². The Labute approximate surface area is 103 Å². The van der Waals surface area contributed by atoms with Crippen LogP contribution in [-0.4, -0.2) is 4.57 Å². The third kappa shape index (κ3) is 1.59. The van der Waals surface area contributed by atoms with Crippen molar-refractivity contribution in [2.24, 2.45) is 7.05 Å². The van der Waals surface area contributed by atoms with E-state index >= 15 is 0 Å². The average Bonchev–Trinajstić information content (AvgIpc) is 2.87. The smallest absolute Gasteiger partial charge is 0.258 e. The molecule has 17 heavy (non-hydrogen) atoms. The van der Waals surface area contributed by atoms with Crippen molar-refractivity contribution in [2.45, 2.75) is 0 Å². The normalized spacial score (nSPS) is 10.9. The highest BCUT2D eigenvalue weighted by Gasteiger charge is 2.08. The monoisotopic (exact) mass is 241 g/mol. The molecule has 0 saturated carbocycles. The van der Waals surface area contributed by atoms with Gasteiger partial charge in [-0.3, -0.25) is 4.79 Å². The Bertz CT molecular complexity index is 726. The van der Waals surface area contributed by atoms with Gasteiger partial charge in [-0.15, -0.1) is 11.3 Å². The number of fused-ring (bicyclic) bond motifs is 1. The molecule has 0 saturated heterocycles. The lowest BCUT2D eigenvalue weighted by Crippen LogP contribution is -2.18. The Kier molecular flexibility index (Phi) is 2.34. The van der Waals surface area contributed by atoms with Gasteiger partial charge in [-0.2, -0.15) is 0 Å². The Morgan fingerprint density at radius 3 is 2.71 bits per heavy atom. The predicted octanol–water partition coefficient (Wildman–Crippen LogP) is 3.27. The molecule has 3 rings (SSSR count). The van der Waals surface area contributed by atoms with Gasteiger partial charge in [0.05, 0.1) is 10.6 Å². The highest BCUT2D eigenvalue weighted by Crippen LogP contribution is 2.25. The van der Waals surface area contributed by atoms with Gasteiger partial charge in [0.2, 0.25) is 0 Å². The minimum absolute atomic E-state index is 0.0616. The van der Waals surface area contributed by atoms with Crippen LogP contribution in [0.2, 0.25) is 0 Å². The van der Waals surface area contributed by atoms with Gasteiger partial charge in [0.1, 0.15) is 0 Å². The number of hydrogen-bond acceptors (Lipinski definition) is 2. The standard InChI is InChI=1S/C14H11NOS/c1-15-12(13-7-4-8-17-13)9-10-5-2-3-6-11(10)14(15)16/h2-9H,1H3. The molecule has 0 radical (unpaired) electrons. The van der Waals surface area contributed by atoms with Crippen molar-refractivity contribution in [3.63, 3.8) is 0 Å². The Morgan fingerprint density at radius 2 is 1.94 bits per heavy atom. The number of pyridine rings is 1. The van der Waals surface area contributed by atoms with Gasteiger partial charge in [0.15, 0.2) is 0 Å². The lowest BCUT2D eigenvalue weighted by Gasteiger charge is -2.08. The zero-order chi connectivity index (χ0) is 11.8. The first-order chi connectivity index (χ1) is 8.27. The van der Waals surface area contributed by atoms with Gasteiger partial charge >= 0.3 is 0 Å². The summed E-state index contributed by atoms with van der Waals surface area (Å²) in [6, 6.07) is 13.8. The van der Waals surface area contributed by atoms with Crippen molar-refractivity contribution in [2.75, 3.05) is 0 Å². The minimum atomic E-state index is 0.0616. The molecule has 84 valence electrons. The third-order valence-electron chi connectivity index (χ3n) is 2.92. The zero-order valence-corrected chi connectivity index (χ0v) is 10.2. The topological polar surface area (TPSA) is 22.0 Å². The van der Waals surface area contributed by atoms with Crippen LogP contribution in [0.15, 0.2) is 52.6 Å². The number of thiophene rings is 1. The molecule has 0 N–H and O–H groups in total. The summed E-state index contributed by atoms with van der Waals surface area (Å²) < 4.78 is 1.72. The maximum atomic E-state index is 12.2. The van der Waals surface area contributed by atoms with Crippen LogP contribution in [0.1, 0.15) is 0 Å². The fourth-order valence-electron chi connectivity index (χ4n) is 2.01. The second kappa shape index (κ2) is 3.86. The molecule has 0 unspecified atom stereocenters. The van der Waals surface area contributed by atoms with E-state index in [4.69, 9.17) is 0 Å². The Balaban J connectivity index is 2.42. The van der Waals surface area contributed by atoms with Crippen molar-refractivity contribution in [3.8, 4) is 10.6 Å². The van der Waals surface area contributed by atoms with Crippen molar-refractivity contribution in [1.82, 2.24) is 4.57 Å². The lowest BCUT2D eigenvalue weighted by molar-refractivity contribution is 0.885. The first kappa shape index (κ1) is 10.3. The van der Waals surface area contributed by atoms with Gasteiger partial charge in [-0.25, -0.2) is 0 Å². The first-order valence-electron chi connectivity index (χ1n) is 5.40. The Hall–Kier alpha value is -1.87. The second-order valence-electron chi connectivity index (χ2n) is 3.96. The fraction of sp³-hybridized carbons (Fsp3) is 0.0714. The van der Waals surface area contributed by atoms with E-state index in [0.717, 1.165) is 21.3 Å². The van der Waals surface area contributed by atoms with E-state index in [9.17, 15) is 4.79 Å². The van der Waals surface area contributed by atoms with Crippen molar-refractivity contribution in [3.05, 3.63) is 58.2 Å². The maximum absolute atomic E-state index is 12.2. The Morgan fingerprint density at radius 1 is 1.12 bits per heavy atom. The van der Waals surface area contributed by atoms with Gasteiger partial charge < -0.3 is 4.57 Å². The predicted molar refractivity (Wildman–Crippen MR) is 72.5 cm³/mol. The van der Waals surface area contributed by atoms with E-state index in [-0.39, 0.29) is 5.56 Å². The van der Waals surface area contributed by atoms with Crippen LogP contribution >= 0.6 is 11.3 Å². The summed E-state index contributed by atoms with van der Waals surface area (Å²) in [5, 5.41) is 3.80. The van der Waals surface area contributed by atoms with Gasteiger partial charge in [-0.05, 0) is 29.0 Å². The van der Waals surface area contributed by atoms with Gasteiger partial charge in [0.25, 0.3) is 5.56 Å². The summed E-state index contributed by atoms with van der Waals surface area (Å²) in [4.78, 5) is 13.3. The van der Waals surface area contributed by atoms with E-state index in [1.807, 2.05) is 48.8 Å². The van der Waals surface area contributed by atoms with Crippen LogP contribution < -0.4 is 5.56 Å². The zero-order valence-electron chi connectivity index (χ0n) is 9.38. The summed E-state index contributed by atoms with van der Waals surface area (Å²) in [6.45, 7) is 0. The maximum Gasteiger partial charge on any atom is 0.258 e. The largest absolute Gasteiger partial charge is 0.310 e. The van der Waals surface area contributed by atoms with Crippen LogP contribution in [0.4, 0.5) is 0 Å². The quantitative estimate of drug-likeness (QED) is 0.641. The molecule has 2 aromatic heterocycles. The summed E-state index contributed by atoms with van der Waals surface area (Å²) in [7, 11) is 1.82. The SMILES string of the molecule is Cn1c(-c2cccs2)cc2ccccc2c1=O. The van der Waals surface area contributed by atoms with E-state index in [1.165, 1.54) is 0 Å². The van der Waals surface area contributed by atoms with E-state index in [0.29, 0.717) is 0 Å². The number of rotatable bonds is 1. The molecule has 0 amide bonds. The van der Waals surface area contributed by atoms with Crippen LogP contribution in [0, 0.1) is 0 Å². The van der Waals surface area contributed by atoms with E-state index < -0.39 is 0 Å².